The van der Waals surface area contributed by atoms with Crippen LogP contribution in [0.1, 0.15) is 35.9 Å². The molecular weight excluding hydrogens is 272 g/mol. The van der Waals surface area contributed by atoms with Gasteiger partial charge in [-0.1, -0.05) is 13.3 Å². The number of hydrogen-bond donors (Lipinski definition) is 1. The average molecular weight is 286 g/mol. The summed E-state index contributed by atoms with van der Waals surface area (Å²) in [5.74, 6) is -1.06. The highest BCUT2D eigenvalue weighted by atomic mass is 32.1. The van der Waals surface area contributed by atoms with E-state index in [0.717, 1.165) is 17.8 Å². The molecule has 0 atom stereocenters. The minimum Gasteiger partial charge on any atom is -0.465 e. The van der Waals surface area contributed by atoms with Crippen LogP contribution < -0.4 is 5.32 Å². The van der Waals surface area contributed by atoms with Crippen LogP contribution in [0, 0.1) is 10.1 Å². The van der Waals surface area contributed by atoms with Gasteiger partial charge in [-0.05, 0) is 6.42 Å². The lowest BCUT2D eigenvalue weighted by Crippen LogP contribution is -2.14. The first-order valence-corrected chi connectivity index (χ1v) is 6.53. The largest absolute Gasteiger partial charge is 0.465 e. The van der Waals surface area contributed by atoms with E-state index in [1.54, 1.807) is 0 Å². The summed E-state index contributed by atoms with van der Waals surface area (Å²) in [5.41, 5.74) is -0.377. The molecule has 104 valence electrons. The maximum absolute atomic E-state index is 11.6. The third-order valence-corrected chi connectivity index (χ3v) is 3.31. The molecule has 0 aromatic carbocycles. The predicted octanol–water partition coefficient (Wildman–Crippen LogP) is 2.57. The molecule has 0 spiro atoms. The number of esters is 1. The Balaban J connectivity index is 3.01. The zero-order valence-corrected chi connectivity index (χ0v) is 11.4. The standard InChI is InChI=1S/C11H14N2O5S/c1-3-4-5-8(14)12-9-7(13(16)17)6-19-10(9)11(15)18-2/h6H,3-5H2,1-2H3,(H,12,14). The van der Waals surface area contributed by atoms with Gasteiger partial charge in [0.2, 0.25) is 5.91 Å². The second-order valence-corrected chi connectivity index (χ2v) is 4.61. The van der Waals surface area contributed by atoms with E-state index >= 15 is 0 Å². The molecule has 1 heterocycles. The van der Waals surface area contributed by atoms with Crippen molar-refractivity contribution in [2.24, 2.45) is 0 Å². The average Bonchev–Trinajstić information content (AvgIpc) is 2.79. The Labute approximate surface area is 113 Å². The number of amides is 1. The fourth-order valence-electron chi connectivity index (χ4n) is 1.39. The van der Waals surface area contributed by atoms with Gasteiger partial charge in [0, 0.05) is 6.42 Å². The summed E-state index contributed by atoms with van der Waals surface area (Å²) in [6, 6.07) is 0. The van der Waals surface area contributed by atoms with E-state index in [4.69, 9.17) is 0 Å². The summed E-state index contributed by atoms with van der Waals surface area (Å²) in [5, 5.41) is 14.5. The normalized spacial score (nSPS) is 10.0. The second-order valence-electron chi connectivity index (χ2n) is 3.73. The van der Waals surface area contributed by atoms with Gasteiger partial charge >= 0.3 is 11.7 Å². The van der Waals surface area contributed by atoms with Crippen molar-refractivity contribution in [2.45, 2.75) is 26.2 Å². The number of hydrogen-bond acceptors (Lipinski definition) is 6. The molecule has 1 rings (SSSR count). The second kappa shape index (κ2) is 6.83. The molecule has 0 saturated heterocycles. The molecule has 7 nitrogen and oxygen atoms in total. The van der Waals surface area contributed by atoms with E-state index in [1.165, 1.54) is 12.5 Å². The molecule has 0 radical (unpaired) electrons. The van der Waals surface area contributed by atoms with Gasteiger partial charge in [0.25, 0.3) is 0 Å². The molecule has 0 bridgehead atoms. The van der Waals surface area contributed by atoms with Crippen molar-refractivity contribution in [2.75, 3.05) is 12.4 Å². The van der Waals surface area contributed by atoms with Crippen molar-refractivity contribution in [1.82, 2.24) is 0 Å². The molecule has 1 aromatic rings. The summed E-state index contributed by atoms with van der Waals surface area (Å²) in [4.78, 5) is 33.3. The molecule has 1 aromatic heterocycles. The summed E-state index contributed by atoms with van der Waals surface area (Å²) < 4.78 is 4.53. The predicted molar refractivity (Wildman–Crippen MR) is 70.5 cm³/mol. The Kier molecular flexibility index (Phi) is 5.43. The summed E-state index contributed by atoms with van der Waals surface area (Å²) in [6.45, 7) is 1.93. The van der Waals surface area contributed by atoms with E-state index < -0.39 is 10.9 Å². The molecule has 0 aliphatic rings. The van der Waals surface area contributed by atoms with Crippen molar-refractivity contribution in [3.63, 3.8) is 0 Å². The number of nitro groups is 1. The lowest BCUT2D eigenvalue weighted by atomic mass is 10.2. The number of nitrogens with zero attached hydrogens (tertiary/aromatic N) is 1. The number of unbranched alkanes of at least 4 members (excludes halogenated alkanes) is 1. The fraction of sp³-hybridized carbons (Fsp3) is 0.455. The van der Waals surface area contributed by atoms with E-state index in [0.29, 0.717) is 6.42 Å². The zero-order chi connectivity index (χ0) is 14.4. The van der Waals surface area contributed by atoms with Crippen LogP contribution in [0.15, 0.2) is 5.38 Å². The van der Waals surface area contributed by atoms with Crippen LogP contribution >= 0.6 is 11.3 Å². The molecule has 0 unspecified atom stereocenters. The number of nitrogens with one attached hydrogen (secondary N) is 1. The summed E-state index contributed by atoms with van der Waals surface area (Å²) in [6.07, 6.45) is 1.77. The molecular formula is C11H14N2O5S. The Morgan fingerprint density at radius 3 is 2.74 bits per heavy atom. The number of ether oxygens (including phenoxy) is 1. The van der Waals surface area contributed by atoms with Gasteiger partial charge in [0.05, 0.1) is 17.4 Å². The van der Waals surface area contributed by atoms with Gasteiger partial charge in [-0.2, -0.15) is 0 Å². The van der Waals surface area contributed by atoms with Crippen molar-refractivity contribution in [3.05, 3.63) is 20.4 Å². The fourth-order valence-corrected chi connectivity index (χ4v) is 2.27. The number of thiophene rings is 1. The van der Waals surface area contributed by atoms with Crippen LogP contribution in [0.4, 0.5) is 11.4 Å². The molecule has 1 amide bonds. The molecule has 19 heavy (non-hydrogen) atoms. The minimum absolute atomic E-state index is 0.0269. The van der Waals surface area contributed by atoms with Crippen molar-refractivity contribution in [1.29, 1.82) is 0 Å². The lowest BCUT2D eigenvalue weighted by Gasteiger charge is -2.04. The highest BCUT2D eigenvalue weighted by Crippen LogP contribution is 2.35. The van der Waals surface area contributed by atoms with Gasteiger partial charge in [-0.25, -0.2) is 4.79 Å². The van der Waals surface area contributed by atoms with Gasteiger partial charge in [0.1, 0.15) is 10.6 Å². The van der Waals surface area contributed by atoms with Gasteiger partial charge in [-0.15, -0.1) is 11.3 Å². The van der Waals surface area contributed by atoms with Crippen LogP contribution in [0.2, 0.25) is 0 Å². The number of anilines is 1. The topological polar surface area (TPSA) is 98.5 Å². The van der Waals surface area contributed by atoms with Gasteiger partial charge < -0.3 is 10.1 Å². The van der Waals surface area contributed by atoms with Crippen molar-refractivity contribution in [3.8, 4) is 0 Å². The zero-order valence-electron chi connectivity index (χ0n) is 10.6. The van der Waals surface area contributed by atoms with E-state index in [-0.39, 0.29) is 28.6 Å². The Morgan fingerprint density at radius 1 is 1.53 bits per heavy atom. The third kappa shape index (κ3) is 3.75. The number of methoxy groups -OCH3 is 1. The number of carbonyl (C=O) groups is 2. The minimum atomic E-state index is -0.705. The highest BCUT2D eigenvalue weighted by molar-refractivity contribution is 7.13. The van der Waals surface area contributed by atoms with E-state index in [2.05, 4.69) is 10.1 Å². The first-order valence-electron chi connectivity index (χ1n) is 5.65. The summed E-state index contributed by atoms with van der Waals surface area (Å²) in [7, 11) is 1.18. The van der Waals surface area contributed by atoms with Crippen LogP contribution in [-0.2, 0) is 9.53 Å². The Morgan fingerprint density at radius 2 is 2.21 bits per heavy atom. The van der Waals surface area contributed by atoms with Crippen LogP contribution in [0.3, 0.4) is 0 Å². The molecule has 0 aliphatic heterocycles. The van der Waals surface area contributed by atoms with Crippen LogP contribution in [0.25, 0.3) is 0 Å². The first kappa shape index (κ1) is 15.1. The SMILES string of the molecule is CCCCC(=O)Nc1c([N+](=O)[O-])csc1C(=O)OC. The van der Waals surface area contributed by atoms with Crippen molar-refractivity contribution < 1.29 is 19.2 Å². The summed E-state index contributed by atoms with van der Waals surface area (Å²) >= 11 is 0.872. The molecule has 8 heteroatoms. The maximum atomic E-state index is 11.6. The third-order valence-electron chi connectivity index (χ3n) is 2.36. The van der Waals surface area contributed by atoms with Crippen LogP contribution in [-0.4, -0.2) is 23.9 Å². The smallest absolute Gasteiger partial charge is 0.350 e. The molecule has 0 saturated carbocycles. The number of carbonyl (C=O) groups excluding carboxylic acids is 2. The Bertz CT molecular complexity index is 497. The molecule has 0 fully saturated rings. The number of rotatable bonds is 6. The van der Waals surface area contributed by atoms with E-state index in [1.807, 2.05) is 6.92 Å². The quantitative estimate of drug-likeness (QED) is 0.492. The van der Waals surface area contributed by atoms with Gasteiger partial charge in [-0.3, -0.25) is 14.9 Å². The molecule has 1 N–H and O–H groups in total. The van der Waals surface area contributed by atoms with Crippen LogP contribution in [0.5, 0.6) is 0 Å². The lowest BCUT2D eigenvalue weighted by molar-refractivity contribution is -0.383. The Hall–Kier alpha value is -1.96. The highest BCUT2D eigenvalue weighted by Gasteiger charge is 2.26. The molecule has 0 aliphatic carbocycles. The van der Waals surface area contributed by atoms with E-state index in [9.17, 15) is 19.7 Å². The van der Waals surface area contributed by atoms with Gasteiger partial charge in [0.15, 0.2) is 0 Å². The first-order chi connectivity index (χ1) is 9.01. The monoisotopic (exact) mass is 286 g/mol. The van der Waals surface area contributed by atoms with Crippen molar-refractivity contribution >= 4 is 34.6 Å². The maximum Gasteiger partial charge on any atom is 0.350 e.